The highest BCUT2D eigenvalue weighted by atomic mass is 16.6. The summed E-state index contributed by atoms with van der Waals surface area (Å²) in [5.74, 6) is 0.342. The highest BCUT2D eigenvalue weighted by molar-refractivity contribution is 6.05. The van der Waals surface area contributed by atoms with E-state index in [0.29, 0.717) is 24.4 Å². The van der Waals surface area contributed by atoms with Gasteiger partial charge in [0.05, 0.1) is 5.71 Å². The lowest BCUT2D eigenvalue weighted by molar-refractivity contribution is -0.131. The summed E-state index contributed by atoms with van der Waals surface area (Å²) in [5.41, 5.74) is 2.38. The molecule has 0 radical (unpaired) electrons. The number of hydrogen-bond acceptors (Lipinski definition) is 5. The maximum absolute atomic E-state index is 12.3. The van der Waals surface area contributed by atoms with Crippen molar-refractivity contribution < 1.29 is 14.4 Å². The average molecular weight is 335 g/mol. The molecule has 0 saturated heterocycles. The maximum atomic E-state index is 12.3. The van der Waals surface area contributed by atoms with Crippen molar-refractivity contribution in [1.29, 1.82) is 5.26 Å². The van der Waals surface area contributed by atoms with Gasteiger partial charge >= 0.3 is 0 Å². The zero-order valence-electron chi connectivity index (χ0n) is 13.5. The van der Waals surface area contributed by atoms with Crippen molar-refractivity contribution in [3.63, 3.8) is 0 Å². The smallest absolute Gasteiger partial charge is 0.264 e. The number of para-hydroxylation sites is 1. The number of carbonyl (C=O) groups excluding carboxylic acids is 1. The Morgan fingerprint density at radius 1 is 1.24 bits per heavy atom. The van der Waals surface area contributed by atoms with Crippen LogP contribution in [0.1, 0.15) is 17.5 Å². The molecule has 1 heterocycles. The lowest BCUT2D eigenvalue weighted by Gasteiger charge is -2.10. The van der Waals surface area contributed by atoms with Crippen LogP contribution in [0, 0.1) is 11.3 Å². The largest absolute Gasteiger partial charge is 0.478 e. The monoisotopic (exact) mass is 335 g/mol. The van der Waals surface area contributed by atoms with Crippen molar-refractivity contribution in [3.8, 4) is 11.8 Å². The molecule has 2 aromatic rings. The fraction of sp³-hybridized carbons (Fsp3) is 0.211. The molecule has 1 aliphatic heterocycles. The van der Waals surface area contributed by atoms with Crippen molar-refractivity contribution in [2.45, 2.75) is 19.1 Å². The number of ether oxygens (including phenoxy) is 1. The van der Waals surface area contributed by atoms with E-state index in [0.717, 1.165) is 11.1 Å². The second kappa shape index (κ2) is 7.97. The van der Waals surface area contributed by atoms with Gasteiger partial charge in [-0.2, -0.15) is 5.26 Å². The molecule has 3 rings (SSSR count). The van der Waals surface area contributed by atoms with Crippen LogP contribution in [-0.4, -0.2) is 24.3 Å². The molecule has 126 valence electrons. The van der Waals surface area contributed by atoms with Crippen molar-refractivity contribution in [3.05, 3.63) is 65.7 Å². The van der Waals surface area contributed by atoms with E-state index in [2.05, 4.69) is 10.5 Å². The summed E-state index contributed by atoms with van der Waals surface area (Å²) in [6.45, 7) is 0.392. The van der Waals surface area contributed by atoms with Crippen LogP contribution in [0.3, 0.4) is 0 Å². The van der Waals surface area contributed by atoms with Crippen molar-refractivity contribution >= 4 is 11.6 Å². The molecule has 1 N–H and O–H groups in total. The summed E-state index contributed by atoms with van der Waals surface area (Å²) in [6, 6.07) is 18.9. The molecule has 1 unspecified atom stereocenters. The third-order valence-electron chi connectivity index (χ3n) is 3.76. The Balaban J connectivity index is 1.60. The topological polar surface area (TPSA) is 83.7 Å². The summed E-state index contributed by atoms with van der Waals surface area (Å²) in [4.78, 5) is 17.6. The number of oxime groups is 1. The van der Waals surface area contributed by atoms with Gasteiger partial charge in [0, 0.05) is 18.5 Å². The maximum Gasteiger partial charge on any atom is 0.264 e. The Morgan fingerprint density at radius 3 is 2.80 bits per heavy atom. The predicted molar refractivity (Wildman–Crippen MR) is 91.9 cm³/mol. The third-order valence-corrected chi connectivity index (χ3v) is 3.76. The normalized spacial score (nSPS) is 15.6. The SMILES string of the molecule is N#CCOc1ccccc1C1=NOC(C(=O)NCc2ccccc2)C1. The van der Waals surface area contributed by atoms with E-state index in [4.69, 9.17) is 14.8 Å². The molecular weight excluding hydrogens is 318 g/mol. The number of carbonyl (C=O) groups is 1. The van der Waals surface area contributed by atoms with Gasteiger partial charge in [0.15, 0.2) is 6.61 Å². The molecule has 6 nitrogen and oxygen atoms in total. The van der Waals surface area contributed by atoms with Gasteiger partial charge in [-0.3, -0.25) is 4.79 Å². The lowest BCUT2D eigenvalue weighted by Crippen LogP contribution is -2.34. The molecule has 0 spiro atoms. The van der Waals surface area contributed by atoms with E-state index in [1.165, 1.54) is 0 Å². The molecule has 0 bridgehead atoms. The molecule has 0 saturated carbocycles. The predicted octanol–water partition coefficient (Wildman–Crippen LogP) is 2.40. The van der Waals surface area contributed by atoms with Crippen LogP contribution in [-0.2, 0) is 16.2 Å². The highest BCUT2D eigenvalue weighted by Crippen LogP contribution is 2.24. The Bertz CT molecular complexity index is 812. The minimum absolute atomic E-state index is 0.0495. The Labute approximate surface area is 145 Å². The molecule has 0 aromatic heterocycles. The summed E-state index contributed by atoms with van der Waals surface area (Å²) in [6.07, 6.45) is -0.309. The zero-order chi connectivity index (χ0) is 17.5. The second-order valence-electron chi connectivity index (χ2n) is 5.48. The van der Waals surface area contributed by atoms with Gasteiger partial charge in [-0.1, -0.05) is 47.6 Å². The average Bonchev–Trinajstić information content (AvgIpc) is 3.15. The summed E-state index contributed by atoms with van der Waals surface area (Å²) < 4.78 is 5.40. The molecule has 6 heteroatoms. The summed E-state index contributed by atoms with van der Waals surface area (Å²) in [5, 5.41) is 15.5. The van der Waals surface area contributed by atoms with Gasteiger partial charge in [-0.05, 0) is 17.7 Å². The van der Waals surface area contributed by atoms with E-state index in [-0.39, 0.29) is 12.5 Å². The van der Waals surface area contributed by atoms with Crippen LogP contribution >= 0.6 is 0 Å². The quantitative estimate of drug-likeness (QED) is 0.878. The van der Waals surface area contributed by atoms with Gasteiger partial charge < -0.3 is 14.9 Å². The third kappa shape index (κ3) is 4.15. The minimum atomic E-state index is -0.664. The van der Waals surface area contributed by atoms with Gasteiger partial charge in [0.2, 0.25) is 6.10 Å². The fourth-order valence-corrected chi connectivity index (χ4v) is 2.52. The standard InChI is InChI=1S/C19H17N3O3/c20-10-11-24-17-9-5-4-8-15(17)16-12-18(25-22-16)19(23)21-13-14-6-2-1-3-7-14/h1-9,18H,11-13H2,(H,21,23). The minimum Gasteiger partial charge on any atom is -0.478 e. The van der Waals surface area contributed by atoms with E-state index >= 15 is 0 Å². The van der Waals surface area contributed by atoms with Gasteiger partial charge in [0.25, 0.3) is 5.91 Å². The molecule has 1 atom stereocenters. The first-order valence-corrected chi connectivity index (χ1v) is 7.91. The van der Waals surface area contributed by atoms with Crippen LogP contribution in [0.5, 0.6) is 5.75 Å². The molecule has 0 aliphatic carbocycles. The molecule has 1 amide bonds. The number of hydrogen-bond donors (Lipinski definition) is 1. The molecule has 0 fully saturated rings. The van der Waals surface area contributed by atoms with Crippen LogP contribution in [0.15, 0.2) is 59.8 Å². The lowest BCUT2D eigenvalue weighted by atomic mass is 10.0. The highest BCUT2D eigenvalue weighted by Gasteiger charge is 2.29. The number of nitriles is 1. The summed E-state index contributed by atoms with van der Waals surface area (Å²) in [7, 11) is 0. The first-order chi connectivity index (χ1) is 12.3. The molecule has 2 aromatic carbocycles. The number of amides is 1. The van der Waals surface area contributed by atoms with E-state index < -0.39 is 6.10 Å². The Hall–Kier alpha value is -3.33. The van der Waals surface area contributed by atoms with Crippen LogP contribution < -0.4 is 10.1 Å². The number of benzene rings is 2. The van der Waals surface area contributed by atoms with E-state index in [1.807, 2.05) is 54.6 Å². The number of nitrogens with zero attached hydrogens (tertiary/aromatic N) is 2. The van der Waals surface area contributed by atoms with E-state index in [9.17, 15) is 4.79 Å². The van der Waals surface area contributed by atoms with E-state index in [1.54, 1.807) is 6.07 Å². The first-order valence-electron chi connectivity index (χ1n) is 7.91. The summed E-state index contributed by atoms with van der Waals surface area (Å²) >= 11 is 0. The Morgan fingerprint density at radius 2 is 2.00 bits per heavy atom. The number of nitrogens with one attached hydrogen (secondary N) is 1. The van der Waals surface area contributed by atoms with Crippen LogP contribution in [0.25, 0.3) is 0 Å². The van der Waals surface area contributed by atoms with Gasteiger partial charge in [0.1, 0.15) is 11.8 Å². The molecule has 25 heavy (non-hydrogen) atoms. The zero-order valence-corrected chi connectivity index (χ0v) is 13.5. The van der Waals surface area contributed by atoms with Crippen molar-refractivity contribution in [2.24, 2.45) is 5.16 Å². The van der Waals surface area contributed by atoms with Crippen molar-refractivity contribution in [1.82, 2.24) is 5.32 Å². The molecule has 1 aliphatic rings. The van der Waals surface area contributed by atoms with Crippen LogP contribution in [0.2, 0.25) is 0 Å². The van der Waals surface area contributed by atoms with Gasteiger partial charge in [-0.15, -0.1) is 0 Å². The second-order valence-corrected chi connectivity index (χ2v) is 5.48. The first kappa shape index (κ1) is 16.5. The van der Waals surface area contributed by atoms with Gasteiger partial charge in [-0.25, -0.2) is 0 Å². The molecular formula is C19H17N3O3. The van der Waals surface area contributed by atoms with Crippen LogP contribution in [0.4, 0.5) is 0 Å². The fourth-order valence-electron chi connectivity index (χ4n) is 2.52. The number of rotatable bonds is 6. The Kier molecular flexibility index (Phi) is 5.27. The van der Waals surface area contributed by atoms with Crippen molar-refractivity contribution in [2.75, 3.05) is 6.61 Å².